The number of para-hydroxylation sites is 1. The Morgan fingerprint density at radius 2 is 2.10 bits per heavy atom. The highest BCUT2D eigenvalue weighted by Crippen LogP contribution is 2.26. The van der Waals surface area contributed by atoms with Crippen molar-refractivity contribution in [2.45, 2.75) is 25.3 Å². The molecule has 5 heteroatoms. The maximum absolute atomic E-state index is 12.4. The predicted octanol–water partition coefficient (Wildman–Crippen LogP) is 2.15. The maximum Gasteiger partial charge on any atom is 0.308 e. The molecule has 1 heterocycles. The largest absolute Gasteiger partial charge is 0.481 e. The van der Waals surface area contributed by atoms with E-state index in [1.165, 1.54) is 0 Å². The molecular weight excluding hydrogens is 256 g/mol. The average Bonchev–Trinajstić information content (AvgIpc) is 3.05. The van der Waals surface area contributed by atoms with Crippen molar-refractivity contribution < 1.29 is 14.7 Å². The van der Waals surface area contributed by atoms with E-state index in [1.54, 1.807) is 12.3 Å². The predicted molar refractivity (Wildman–Crippen MR) is 74.5 cm³/mol. The monoisotopic (exact) mass is 272 g/mol. The molecule has 1 fully saturated rings. The molecule has 0 saturated heterocycles. The summed E-state index contributed by atoms with van der Waals surface area (Å²) in [6.07, 6.45) is 3.99. The standard InChI is InChI=1S/C15H16N2O3/c18-14(17-12-6-2-4-10(12)15(19)20)11-5-1-3-9-7-8-16-13(9)11/h1,3,5,7-8,10,12,16H,2,4,6H2,(H,17,18)(H,19,20)/t10-,12+/m1/s1. The number of hydrogen-bond acceptors (Lipinski definition) is 2. The van der Waals surface area contributed by atoms with Crippen molar-refractivity contribution in [2.24, 2.45) is 5.92 Å². The van der Waals surface area contributed by atoms with Gasteiger partial charge in [-0.3, -0.25) is 9.59 Å². The number of rotatable bonds is 3. The lowest BCUT2D eigenvalue weighted by atomic mass is 10.0. The molecule has 0 aliphatic heterocycles. The van der Waals surface area contributed by atoms with Crippen LogP contribution in [0.1, 0.15) is 29.6 Å². The van der Waals surface area contributed by atoms with Crippen LogP contribution in [0.15, 0.2) is 30.5 Å². The van der Waals surface area contributed by atoms with E-state index >= 15 is 0 Å². The Morgan fingerprint density at radius 1 is 1.25 bits per heavy atom. The first-order valence-corrected chi connectivity index (χ1v) is 6.76. The number of carbonyl (C=O) groups excluding carboxylic acids is 1. The molecule has 0 radical (unpaired) electrons. The number of carboxylic acid groups (broad SMARTS) is 1. The Bertz CT molecular complexity index is 662. The zero-order valence-corrected chi connectivity index (χ0v) is 10.9. The number of H-pyrrole nitrogens is 1. The molecular formula is C15H16N2O3. The van der Waals surface area contributed by atoms with E-state index in [2.05, 4.69) is 10.3 Å². The molecule has 0 unspecified atom stereocenters. The van der Waals surface area contributed by atoms with Crippen molar-refractivity contribution in [2.75, 3.05) is 0 Å². The topological polar surface area (TPSA) is 82.2 Å². The lowest BCUT2D eigenvalue weighted by Crippen LogP contribution is -2.40. The smallest absolute Gasteiger partial charge is 0.308 e. The third-order valence-electron chi connectivity index (χ3n) is 3.98. The maximum atomic E-state index is 12.4. The SMILES string of the molecule is O=C(N[C@H]1CCC[C@H]1C(=O)O)c1cccc2cc[nH]c12. The quantitative estimate of drug-likeness (QED) is 0.800. The third kappa shape index (κ3) is 2.15. The van der Waals surface area contributed by atoms with Gasteiger partial charge in [0.15, 0.2) is 0 Å². The van der Waals surface area contributed by atoms with Gasteiger partial charge in [-0.2, -0.15) is 0 Å². The number of carboxylic acids is 1. The van der Waals surface area contributed by atoms with Crippen molar-refractivity contribution in [1.82, 2.24) is 10.3 Å². The van der Waals surface area contributed by atoms with Crippen molar-refractivity contribution in [3.63, 3.8) is 0 Å². The Balaban J connectivity index is 1.83. The Kier molecular flexibility index (Phi) is 3.18. The summed E-state index contributed by atoms with van der Waals surface area (Å²) in [5.41, 5.74) is 1.35. The fraction of sp³-hybridized carbons (Fsp3) is 0.333. The van der Waals surface area contributed by atoms with Crippen LogP contribution in [0.5, 0.6) is 0 Å². The van der Waals surface area contributed by atoms with E-state index in [0.29, 0.717) is 12.0 Å². The fourth-order valence-corrected chi connectivity index (χ4v) is 2.95. The summed E-state index contributed by atoms with van der Waals surface area (Å²) in [5, 5.41) is 13.0. The second kappa shape index (κ2) is 5.00. The molecule has 3 rings (SSSR count). The zero-order chi connectivity index (χ0) is 14.1. The van der Waals surface area contributed by atoms with Crippen LogP contribution in [0.25, 0.3) is 10.9 Å². The van der Waals surface area contributed by atoms with Gasteiger partial charge in [-0.15, -0.1) is 0 Å². The molecule has 3 N–H and O–H groups in total. The number of amides is 1. The summed E-state index contributed by atoms with van der Waals surface area (Å²) in [6.45, 7) is 0. The average molecular weight is 272 g/mol. The van der Waals surface area contributed by atoms with Gasteiger partial charge in [0, 0.05) is 17.6 Å². The van der Waals surface area contributed by atoms with E-state index in [1.807, 2.05) is 18.2 Å². The van der Waals surface area contributed by atoms with E-state index in [-0.39, 0.29) is 11.9 Å². The van der Waals surface area contributed by atoms with Crippen LogP contribution < -0.4 is 5.32 Å². The number of benzene rings is 1. The molecule has 5 nitrogen and oxygen atoms in total. The highest BCUT2D eigenvalue weighted by Gasteiger charge is 2.34. The Hall–Kier alpha value is -2.30. The van der Waals surface area contributed by atoms with Crippen molar-refractivity contribution >= 4 is 22.8 Å². The van der Waals surface area contributed by atoms with Crippen LogP contribution in [0.3, 0.4) is 0 Å². The van der Waals surface area contributed by atoms with Crippen molar-refractivity contribution in [1.29, 1.82) is 0 Å². The van der Waals surface area contributed by atoms with Gasteiger partial charge in [0.25, 0.3) is 5.91 Å². The molecule has 0 spiro atoms. The van der Waals surface area contributed by atoms with Crippen molar-refractivity contribution in [3.8, 4) is 0 Å². The van der Waals surface area contributed by atoms with E-state index < -0.39 is 11.9 Å². The molecule has 20 heavy (non-hydrogen) atoms. The van der Waals surface area contributed by atoms with Gasteiger partial charge >= 0.3 is 5.97 Å². The second-order valence-electron chi connectivity index (χ2n) is 5.20. The highest BCUT2D eigenvalue weighted by molar-refractivity contribution is 6.05. The molecule has 1 aromatic heterocycles. The normalized spacial score (nSPS) is 22.0. The number of fused-ring (bicyclic) bond motifs is 1. The van der Waals surface area contributed by atoms with Gasteiger partial charge in [0.2, 0.25) is 0 Å². The number of aliphatic carboxylic acids is 1. The molecule has 1 aliphatic rings. The van der Waals surface area contributed by atoms with Crippen LogP contribution in [0.2, 0.25) is 0 Å². The molecule has 1 aliphatic carbocycles. The summed E-state index contributed by atoms with van der Waals surface area (Å²) in [4.78, 5) is 26.6. The minimum Gasteiger partial charge on any atom is -0.481 e. The number of carbonyl (C=O) groups is 2. The van der Waals surface area contributed by atoms with Gasteiger partial charge in [-0.25, -0.2) is 0 Å². The van der Waals surface area contributed by atoms with Gasteiger partial charge < -0.3 is 15.4 Å². The summed E-state index contributed by atoms with van der Waals surface area (Å²) >= 11 is 0. The van der Waals surface area contributed by atoms with Gasteiger partial charge in [0.05, 0.1) is 17.0 Å². The van der Waals surface area contributed by atoms with Crippen LogP contribution in [-0.4, -0.2) is 28.0 Å². The van der Waals surface area contributed by atoms with Gasteiger partial charge in [-0.1, -0.05) is 18.6 Å². The molecule has 2 aromatic rings. The molecule has 104 valence electrons. The number of aromatic amines is 1. The van der Waals surface area contributed by atoms with E-state index in [0.717, 1.165) is 23.7 Å². The summed E-state index contributed by atoms with van der Waals surface area (Å²) in [6, 6.07) is 7.14. The van der Waals surface area contributed by atoms with E-state index in [4.69, 9.17) is 5.11 Å². The highest BCUT2D eigenvalue weighted by atomic mass is 16.4. The van der Waals surface area contributed by atoms with Crippen molar-refractivity contribution in [3.05, 3.63) is 36.0 Å². The molecule has 1 saturated carbocycles. The fourth-order valence-electron chi connectivity index (χ4n) is 2.95. The first-order chi connectivity index (χ1) is 9.66. The minimum atomic E-state index is -0.828. The first-order valence-electron chi connectivity index (χ1n) is 6.76. The molecule has 1 aromatic carbocycles. The third-order valence-corrected chi connectivity index (χ3v) is 3.98. The number of nitrogens with one attached hydrogen (secondary N) is 2. The molecule has 0 bridgehead atoms. The van der Waals surface area contributed by atoms with Crippen LogP contribution in [0.4, 0.5) is 0 Å². The summed E-state index contributed by atoms with van der Waals surface area (Å²) in [5.74, 6) is -1.51. The zero-order valence-electron chi connectivity index (χ0n) is 10.9. The lowest BCUT2D eigenvalue weighted by Gasteiger charge is -2.17. The van der Waals surface area contributed by atoms with Crippen LogP contribution in [0, 0.1) is 5.92 Å². The van der Waals surface area contributed by atoms with Crippen LogP contribution in [-0.2, 0) is 4.79 Å². The second-order valence-corrected chi connectivity index (χ2v) is 5.20. The lowest BCUT2D eigenvalue weighted by molar-refractivity contribution is -0.142. The van der Waals surface area contributed by atoms with E-state index in [9.17, 15) is 9.59 Å². The Labute approximate surface area is 116 Å². The van der Waals surface area contributed by atoms with Gasteiger partial charge in [-0.05, 0) is 25.0 Å². The Morgan fingerprint density at radius 3 is 2.90 bits per heavy atom. The van der Waals surface area contributed by atoms with Gasteiger partial charge in [0.1, 0.15) is 0 Å². The minimum absolute atomic E-state index is 0.212. The molecule has 2 atom stereocenters. The van der Waals surface area contributed by atoms with Crippen LogP contribution >= 0.6 is 0 Å². The molecule has 1 amide bonds. The summed E-state index contributed by atoms with van der Waals surface area (Å²) in [7, 11) is 0. The number of hydrogen-bond donors (Lipinski definition) is 3. The number of aromatic nitrogens is 1. The summed E-state index contributed by atoms with van der Waals surface area (Å²) < 4.78 is 0. The first kappa shape index (κ1) is 12.7.